The van der Waals surface area contributed by atoms with Crippen LogP contribution >= 0.6 is 0 Å². The Morgan fingerprint density at radius 2 is 2.12 bits per heavy atom. The Hall–Kier alpha value is -1.76. The molecule has 3 aliphatic heterocycles. The fourth-order valence-corrected chi connectivity index (χ4v) is 5.83. The Kier molecular flexibility index (Phi) is 4.14. The van der Waals surface area contributed by atoms with Crippen LogP contribution in [0, 0.1) is 11.8 Å². The highest BCUT2D eigenvalue weighted by atomic mass is 32.2. The number of piperidine rings is 3. The molecule has 6 heteroatoms. The third-order valence-corrected chi connectivity index (χ3v) is 7.02. The molecular formula is C19H22N2O3S. The summed E-state index contributed by atoms with van der Waals surface area (Å²) >= 11 is 0. The van der Waals surface area contributed by atoms with Gasteiger partial charge in [0.2, 0.25) is 0 Å². The van der Waals surface area contributed by atoms with Crippen molar-refractivity contribution < 1.29 is 13.0 Å². The summed E-state index contributed by atoms with van der Waals surface area (Å²) in [4.78, 5) is 6.53. The topological polar surface area (TPSA) is 70.5 Å². The molecule has 1 aromatic carbocycles. The maximum atomic E-state index is 12.4. The molecule has 3 fully saturated rings. The van der Waals surface area contributed by atoms with Gasteiger partial charge in [-0.3, -0.25) is 14.4 Å². The van der Waals surface area contributed by atoms with E-state index in [1.807, 2.05) is 30.3 Å². The zero-order valence-corrected chi connectivity index (χ0v) is 14.8. The van der Waals surface area contributed by atoms with E-state index < -0.39 is 15.4 Å². The highest BCUT2D eigenvalue weighted by Crippen LogP contribution is 2.44. The fraction of sp³-hybridized carbons (Fsp3) is 0.421. The van der Waals surface area contributed by atoms with Gasteiger partial charge in [-0.05, 0) is 48.9 Å². The van der Waals surface area contributed by atoms with Crippen LogP contribution in [-0.2, 0) is 10.1 Å². The van der Waals surface area contributed by atoms with Gasteiger partial charge in [0.1, 0.15) is 5.25 Å². The minimum absolute atomic E-state index is 0.212. The van der Waals surface area contributed by atoms with Gasteiger partial charge in [0.05, 0.1) is 5.52 Å². The quantitative estimate of drug-likeness (QED) is 0.672. The van der Waals surface area contributed by atoms with Gasteiger partial charge in [-0.1, -0.05) is 24.3 Å². The summed E-state index contributed by atoms with van der Waals surface area (Å²) in [5.41, 5.74) is 1.38. The first-order valence-corrected chi connectivity index (χ1v) is 10.2. The lowest BCUT2D eigenvalue weighted by atomic mass is 9.74. The van der Waals surface area contributed by atoms with Gasteiger partial charge in [-0.2, -0.15) is 8.42 Å². The highest BCUT2D eigenvalue weighted by Gasteiger charge is 2.46. The smallest absolute Gasteiger partial charge is 0.273 e. The number of aromatic nitrogens is 1. The molecule has 2 bridgehead atoms. The first kappa shape index (κ1) is 16.7. The molecule has 1 aromatic heterocycles. The minimum atomic E-state index is -4.25. The van der Waals surface area contributed by atoms with Crippen molar-refractivity contribution in [3.05, 3.63) is 54.7 Å². The number of rotatable bonds is 4. The molecule has 0 radical (unpaired) electrons. The highest BCUT2D eigenvalue weighted by molar-refractivity contribution is 7.86. The summed E-state index contributed by atoms with van der Waals surface area (Å²) in [6.45, 7) is 5.60. The van der Waals surface area contributed by atoms with Crippen LogP contribution in [0.2, 0.25) is 0 Å². The Bertz CT molecular complexity index is 907. The number of fused-ring (bicyclic) bond motifs is 4. The van der Waals surface area contributed by atoms with Crippen LogP contribution in [-0.4, -0.2) is 42.0 Å². The molecule has 5 nitrogen and oxygen atoms in total. The molecular weight excluding hydrogens is 336 g/mol. The maximum Gasteiger partial charge on any atom is 0.273 e. The molecule has 0 saturated carbocycles. The molecule has 0 amide bonds. The van der Waals surface area contributed by atoms with E-state index in [0.29, 0.717) is 17.4 Å². The second-order valence-corrected chi connectivity index (χ2v) is 8.64. The molecule has 5 rings (SSSR count). The monoisotopic (exact) mass is 358 g/mol. The third kappa shape index (κ3) is 2.88. The standard InChI is InChI=1S/C19H22N2O3S/c1-2-13-12-21-10-8-14(13)11-18(21)19(25(22,23)24)16-7-9-20-17-6-4-3-5-15(16)17/h2-7,9,13-14,18-19H,1,8,10-12H2,(H,22,23,24). The summed E-state index contributed by atoms with van der Waals surface area (Å²) in [5.74, 6) is 0.839. The predicted octanol–water partition coefficient (Wildman–Crippen LogP) is 3.06. The summed E-state index contributed by atoms with van der Waals surface area (Å²) in [6, 6.07) is 9.00. The number of para-hydroxylation sites is 1. The predicted molar refractivity (Wildman–Crippen MR) is 97.8 cm³/mol. The largest absolute Gasteiger partial charge is 0.298 e. The second kappa shape index (κ2) is 6.20. The fourth-order valence-electron chi connectivity index (χ4n) is 4.62. The van der Waals surface area contributed by atoms with Crippen molar-refractivity contribution in [2.75, 3.05) is 13.1 Å². The van der Waals surface area contributed by atoms with Crippen molar-refractivity contribution in [1.82, 2.24) is 9.88 Å². The van der Waals surface area contributed by atoms with Crippen molar-refractivity contribution in [2.45, 2.75) is 24.1 Å². The van der Waals surface area contributed by atoms with Crippen LogP contribution in [0.5, 0.6) is 0 Å². The molecule has 0 aliphatic carbocycles. The summed E-state index contributed by atoms with van der Waals surface area (Å²) < 4.78 is 34.9. The van der Waals surface area contributed by atoms with Crippen LogP contribution < -0.4 is 0 Å². The second-order valence-electron chi connectivity index (χ2n) is 7.10. The van der Waals surface area contributed by atoms with Crippen molar-refractivity contribution in [3.8, 4) is 0 Å². The van der Waals surface area contributed by atoms with Gasteiger partial charge in [-0.15, -0.1) is 6.58 Å². The van der Waals surface area contributed by atoms with Gasteiger partial charge in [0.25, 0.3) is 10.1 Å². The van der Waals surface area contributed by atoms with E-state index in [1.165, 1.54) is 0 Å². The summed E-state index contributed by atoms with van der Waals surface area (Å²) in [7, 11) is -4.25. The molecule has 132 valence electrons. The van der Waals surface area contributed by atoms with E-state index in [9.17, 15) is 13.0 Å². The molecule has 5 atom stereocenters. The Morgan fingerprint density at radius 1 is 1.32 bits per heavy atom. The normalized spacial score (nSPS) is 30.3. The molecule has 5 unspecified atom stereocenters. The van der Waals surface area contributed by atoms with E-state index in [-0.39, 0.29) is 6.04 Å². The Balaban J connectivity index is 1.82. The van der Waals surface area contributed by atoms with Gasteiger partial charge in [0, 0.05) is 24.2 Å². The Labute approximate surface area is 148 Å². The molecule has 4 heterocycles. The maximum absolute atomic E-state index is 12.4. The first-order chi connectivity index (χ1) is 12.0. The van der Waals surface area contributed by atoms with Gasteiger partial charge >= 0.3 is 0 Å². The SMILES string of the molecule is C=CC1CN2CCC1CC2C(c1ccnc2ccccc12)S(=O)(=O)O. The molecule has 3 aliphatic rings. The zero-order chi connectivity index (χ0) is 17.6. The molecule has 0 spiro atoms. The number of hydrogen-bond donors (Lipinski definition) is 1. The van der Waals surface area contributed by atoms with Crippen LogP contribution in [0.4, 0.5) is 0 Å². The molecule has 25 heavy (non-hydrogen) atoms. The summed E-state index contributed by atoms with van der Waals surface area (Å²) in [6.07, 6.45) is 5.43. The van der Waals surface area contributed by atoms with Crippen molar-refractivity contribution in [3.63, 3.8) is 0 Å². The van der Waals surface area contributed by atoms with Crippen molar-refractivity contribution in [1.29, 1.82) is 0 Å². The molecule has 1 N–H and O–H groups in total. The van der Waals surface area contributed by atoms with Crippen LogP contribution in [0.15, 0.2) is 49.2 Å². The lowest BCUT2D eigenvalue weighted by Gasteiger charge is -2.51. The zero-order valence-electron chi connectivity index (χ0n) is 14.0. The number of benzene rings is 1. The number of pyridine rings is 1. The van der Waals surface area contributed by atoms with E-state index in [0.717, 1.165) is 36.8 Å². The van der Waals surface area contributed by atoms with E-state index in [2.05, 4.69) is 16.5 Å². The van der Waals surface area contributed by atoms with Gasteiger partial charge < -0.3 is 0 Å². The average Bonchev–Trinajstić information content (AvgIpc) is 2.61. The molecule has 3 saturated heterocycles. The van der Waals surface area contributed by atoms with Crippen molar-refractivity contribution in [2.24, 2.45) is 11.8 Å². The van der Waals surface area contributed by atoms with Crippen molar-refractivity contribution >= 4 is 21.0 Å². The lowest BCUT2D eigenvalue weighted by molar-refractivity contribution is 0.0162. The Morgan fingerprint density at radius 3 is 2.80 bits per heavy atom. The minimum Gasteiger partial charge on any atom is -0.298 e. The summed E-state index contributed by atoms with van der Waals surface area (Å²) in [5, 5.41) is -0.162. The van der Waals surface area contributed by atoms with Gasteiger partial charge in [-0.25, -0.2) is 0 Å². The van der Waals surface area contributed by atoms with Crippen LogP contribution in [0.1, 0.15) is 23.7 Å². The third-order valence-electron chi connectivity index (χ3n) is 5.81. The van der Waals surface area contributed by atoms with E-state index in [4.69, 9.17) is 0 Å². The van der Waals surface area contributed by atoms with Crippen LogP contribution in [0.3, 0.4) is 0 Å². The van der Waals surface area contributed by atoms with Crippen LogP contribution in [0.25, 0.3) is 10.9 Å². The molecule has 2 aromatic rings. The number of hydrogen-bond acceptors (Lipinski definition) is 4. The average molecular weight is 358 g/mol. The number of nitrogens with zero attached hydrogens (tertiary/aromatic N) is 2. The lowest BCUT2D eigenvalue weighted by Crippen LogP contribution is -2.55. The van der Waals surface area contributed by atoms with Gasteiger partial charge in [0.15, 0.2) is 0 Å². The van der Waals surface area contributed by atoms with E-state index >= 15 is 0 Å². The van der Waals surface area contributed by atoms with E-state index in [1.54, 1.807) is 12.3 Å². The first-order valence-electron chi connectivity index (χ1n) is 8.65.